The van der Waals surface area contributed by atoms with Crippen molar-refractivity contribution in [3.8, 4) is 6.07 Å². The van der Waals surface area contributed by atoms with Crippen molar-refractivity contribution in [2.45, 2.75) is 19.1 Å². The highest BCUT2D eigenvalue weighted by Gasteiger charge is 2.43. The van der Waals surface area contributed by atoms with E-state index in [0.717, 1.165) is 11.1 Å². The average molecular weight is 247 g/mol. The number of methoxy groups -OCH3 is 1. The van der Waals surface area contributed by atoms with Crippen LogP contribution in [0.3, 0.4) is 0 Å². The van der Waals surface area contributed by atoms with Crippen LogP contribution >= 0.6 is 0 Å². The molecule has 2 rings (SSSR count). The fraction of sp³-hybridized carbons (Fsp3) is 0.500. The second-order valence-corrected chi connectivity index (χ2v) is 4.60. The van der Waals surface area contributed by atoms with Gasteiger partial charge in [-0.1, -0.05) is 24.3 Å². The summed E-state index contributed by atoms with van der Waals surface area (Å²) in [5, 5.41) is 19.9. The Balaban J connectivity index is 2.33. The maximum Gasteiger partial charge on any atom is 0.113 e. The van der Waals surface area contributed by atoms with Crippen molar-refractivity contribution >= 4 is 0 Å². The van der Waals surface area contributed by atoms with Crippen LogP contribution in [0.4, 0.5) is 0 Å². The third-order valence-corrected chi connectivity index (χ3v) is 3.45. The zero-order valence-electron chi connectivity index (χ0n) is 10.4. The lowest BCUT2D eigenvalue weighted by atomic mass is 9.78. The molecule has 1 aliphatic rings. The maximum absolute atomic E-state index is 10.5. The third-order valence-electron chi connectivity index (χ3n) is 3.45. The minimum absolute atomic E-state index is 0.284. The number of hydrogen-bond acceptors (Lipinski definition) is 4. The second kappa shape index (κ2) is 5.49. The zero-order valence-corrected chi connectivity index (χ0v) is 10.4. The van der Waals surface area contributed by atoms with Crippen LogP contribution < -0.4 is 0 Å². The molecule has 1 aromatic carbocycles. The van der Waals surface area contributed by atoms with Gasteiger partial charge in [-0.05, 0) is 17.5 Å². The number of ether oxygens (including phenoxy) is 2. The normalized spacial score (nSPS) is 24.7. The Morgan fingerprint density at radius 1 is 1.56 bits per heavy atom. The molecule has 96 valence electrons. The summed E-state index contributed by atoms with van der Waals surface area (Å²) in [7, 11) is 1.61. The quantitative estimate of drug-likeness (QED) is 0.881. The maximum atomic E-state index is 10.5. The highest BCUT2D eigenvalue weighted by atomic mass is 16.5. The van der Waals surface area contributed by atoms with Gasteiger partial charge in [0, 0.05) is 13.7 Å². The minimum atomic E-state index is -0.837. The van der Waals surface area contributed by atoms with E-state index in [-0.39, 0.29) is 6.61 Å². The van der Waals surface area contributed by atoms with Gasteiger partial charge in [-0.15, -0.1) is 0 Å². The van der Waals surface area contributed by atoms with Gasteiger partial charge in [-0.3, -0.25) is 0 Å². The molecule has 4 nitrogen and oxygen atoms in total. The number of aliphatic hydroxyl groups excluding tert-OH is 1. The first-order valence-electron chi connectivity index (χ1n) is 5.97. The molecule has 0 bridgehead atoms. The lowest BCUT2D eigenvalue weighted by molar-refractivity contribution is 0.0483. The molecule has 1 heterocycles. The Kier molecular flexibility index (Phi) is 3.97. The topological polar surface area (TPSA) is 62.5 Å². The van der Waals surface area contributed by atoms with E-state index in [1.165, 1.54) is 0 Å². The molecule has 0 saturated carbocycles. The van der Waals surface area contributed by atoms with Gasteiger partial charge in [0.2, 0.25) is 0 Å². The van der Waals surface area contributed by atoms with Crippen LogP contribution in [0.15, 0.2) is 24.3 Å². The van der Waals surface area contributed by atoms with E-state index in [1.54, 1.807) is 7.11 Å². The molecular formula is C14H17NO3. The lowest BCUT2D eigenvalue weighted by Crippen LogP contribution is -2.28. The van der Waals surface area contributed by atoms with Gasteiger partial charge in [-0.2, -0.15) is 5.26 Å². The van der Waals surface area contributed by atoms with E-state index < -0.39 is 11.5 Å². The van der Waals surface area contributed by atoms with Crippen LogP contribution in [-0.4, -0.2) is 25.4 Å². The monoisotopic (exact) mass is 247 g/mol. The molecule has 1 aromatic rings. The Morgan fingerprint density at radius 2 is 2.33 bits per heavy atom. The van der Waals surface area contributed by atoms with E-state index >= 15 is 0 Å². The fourth-order valence-corrected chi connectivity index (χ4v) is 2.33. The van der Waals surface area contributed by atoms with E-state index in [0.29, 0.717) is 19.6 Å². The van der Waals surface area contributed by atoms with Crippen LogP contribution in [0.2, 0.25) is 0 Å². The van der Waals surface area contributed by atoms with Gasteiger partial charge in [-0.25, -0.2) is 0 Å². The van der Waals surface area contributed by atoms with Crippen LogP contribution in [-0.2, 0) is 16.1 Å². The van der Waals surface area contributed by atoms with Gasteiger partial charge in [0.1, 0.15) is 11.5 Å². The largest absolute Gasteiger partial charge is 0.387 e. The average Bonchev–Trinajstić information content (AvgIpc) is 2.89. The molecule has 4 heteroatoms. The van der Waals surface area contributed by atoms with Crippen molar-refractivity contribution in [1.29, 1.82) is 5.26 Å². The Morgan fingerprint density at radius 3 is 2.94 bits per heavy atom. The SMILES string of the molecule is COCc1ccccc1C(O)C1(C#N)CCOC1. The summed E-state index contributed by atoms with van der Waals surface area (Å²) in [5.74, 6) is 0. The first kappa shape index (κ1) is 13.0. The molecule has 1 saturated heterocycles. The van der Waals surface area contributed by atoms with Crippen molar-refractivity contribution in [3.63, 3.8) is 0 Å². The Bertz CT molecular complexity index is 447. The highest BCUT2D eigenvalue weighted by Crippen LogP contribution is 2.41. The molecule has 0 aromatic heterocycles. The van der Waals surface area contributed by atoms with E-state index in [2.05, 4.69) is 6.07 Å². The summed E-state index contributed by atoms with van der Waals surface area (Å²) in [5.41, 5.74) is 0.838. The molecule has 1 fully saturated rings. The van der Waals surface area contributed by atoms with Crippen molar-refractivity contribution in [2.75, 3.05) is 20.3 Å². The third kappa shape index (κ3) is 2.25. The van der Waals surface area contributed by atoms with Crippen molar-refractivity contribution in [2.24, 2.45) is 5.41 Å². The zero-order chi connectivity index (χ0) is 13.0. The van der Waals surface area contributed by atoms with Crippen molar-refractivity contribution < 1.29 is 14.6 Å². The number of rotatable bonds is 4. The number of benzene rings is 1. The summed E-state index contributed by atoms with van der Waals surface area (Å²) >= 11 is 0. The van der Waals surface area contributed by atoms with Gasteiger partial charge < -0.3 is 14.6 Å². The predicted octanol–water partition coefficient (Wildman–Crippen LogP) is 1.80. The summed E-state index contributed by atoms with van der Waals surface area (Å²) in [6.07, 6.45) is -0.275. The predicted molar refractivity (Wildman–Crippen MR) is 65.6 cm³/mol. The molecule has 0 amide bonds. The van der Waals surface area contributed by atoms with Crippen molar-refractivity contribution in [1.82, 2.24) is 0 Å². The Labute approximate surface area is 107 Å². The van der Waals surface area contributed by atoms with Crippen LogP contribution in [0.25, 0.3) is 0 Å². The summed E-state index contributed by atoms with van der Waals surface area (Å²) in [6.45, 7) is 1.23. The van der Waals surface area contributed by atoms with E-state index in [9.17, 15) is 10.4 Å². The number of nitriles is 1. The van der Waals surface area contributed by atoms with Gasteiger partial charge >= 0.3 is 0 Å². The Hall–Kier alpha value is -1.41. The van der Waals surface area contributed by atoms with Crippen LogP contribution in [0, 0.1) is 16.7 Å². The molecule has 2 unspecified atom stereocenters. The first-order chi connectivity index (χ1) is 8.73. The molecular weight excluding hydrogens is 230 g/mol. The summed E-state index contributed by atoms with van der Waals surface area (Å²) in [4.78, 5) is 0. The second-order valence-electron chi connectivity index (χ2n) is 4.60. The molecule has 0 aliphatic carbocycles. The van der Waals surface area contributed by atoms with E-state index in [4.69, 9.17) is 9.47 Å². The fourth-order valence-electron chi connectivity index (χ4n) is 2.33. The molecule has 18 heavy (non-hydrogen) atoms. The standard InChI is InChI=1S/C14H17NO3/c1-17-8-11-4-2-3-5-12(11)13(16)14(9-15)6-7-18-10-14/h2-5,13,16H,6-8,10H2,1H3. The summed E-state index contributed by atoms with van der Waals surface area (Å²) in [6, 6.07) is 9.74. The van der Waals surface area contributed by atoms with E-state index in [1.807, 2.05) is 24.3 Å². The first-order valence-corrected chi connectivity index (χ1v) is 5.97. The van der Waals surface area contributed by atoms with Gasteiger partial charge in [0.15, 0.2) is 0 Å². The summed E-state index contributed by atoms with van der Waals surface area (Å²) < 4.78 is 10.4. The molecule has 2 atom stereocenters. The van der Waals surface area contributed by atoms with Crippen LogP contribution in [0.5, 0.6) is 0 Å². The smallest absolute Gasteiger partial charge is 0.113 e. The van der Waals surface area contributed by atoms with Gasteiger partial charge in [0.05, 0.1) is 19.3 Å². The molecule has 0 spiro atoms. The van der Waals surface area contributed by atoms with Crippen LogP contribution in [0.1, 0.15) is 23.7 Å². The number of aliphatic hydroxyl groups is 1. The number of nitrogens with zero attached hydrogens (tertiary/aromatic N) is 1. The molecule has 1 aliphatic heterocycles. The lowest BCUT2D eigenvalue weighted by Gasteiger charge is -2.27. The van der Waals surface area contributed by atoms with Gasteiger partial charge in [0.25, 0.3) is 0 Å². The molecule has 1 N–H and O–H groups in total. The number of hydrogen-bond donors (Lipinski definition) is 1. The highest BCUT2D eigenvalue weighted by molar-refractivity contribution is 5.32. The minimum Gasteiger partial charge on any atom is -0.387 e. The molecule has 0 radical (unpaired) electrons. The van der Waals surface area contributed by atoms with Crippen molar-refractivity contribution in [3.05, 3.63) is 35.4 Å².